The van der Waals surface area contributed by atoms with E-state index in [0.717, 1.165) is 25.9 Å². The van der Waals surface area contributed by atoms with Crippen LogP contribution in [-0.2, 0) is 0 Å². The number of ether oxygens (including phenoxy) is 2. The maximum absolute atomic E-state index is 12.0. The standard InChI is InChI=1S/C27H30ClN5O4/c1-4-33(5-2)15-18(34)16-36-26-14-23-20(13-24(26)29-3)25(10-11-30-23)37-19-8-9-22(21(28)12-19)32-27(35)31-17-6-7-17/h8-14,17-18,34H,4-7,15-16H2,1-2H3,(H2,31,32,35)/t18-/m0/s1. The second-order valence-electron chi connectivity index (χ2n) is 8.83. The molecule has 0 unspecified atom stereocenters. The number of hydrogen-bond donors (Lipinski definition) is 3. The SMILES string of the molecule is [C-]#[N+]c1cc2c(Oc3ccc(NC(=O)NC4CC4)c(Cl)c3)ccnc2cc1OC[C@@H](O)CN(CC)CC. The lowest BCUT2D eigenvalue weighted by atomic mass is 10.1. The monoisotopic (exact) mass is 523 g/mol. The Morgan fingerprint density at radius 2 is 2.03 bits per heavy atom. The number of likely N-dealkylation sites (N-methyl/N-ethyl adjacent to an activating group) is 1. The number of urea groups is 1. The van der Waals surface area contributed by atoms with E-state index < -0.39 is 6.10 Å². The number of hydrogen-bond acceptors (Lipinski definition) is 6. The van der Waals surface area contributed by atoms with Crippen molar-refractivity contribution in [2.75, 3.05) is 31.6 Å². The number of pyridine rings is 1. The van der Waals surface area contributed by atoms with Gasteiger partial charge in [-0.25, -0.2) is 9.64 Å². The summed E-state index contributed by atoms with van der Waals surface area (Å²) < 4.78 is 11.9. The van der Waals surface area contributed by atoms with Crippen LogP contribution in [0.1, 0.15) is 26.7 Å². The molecular weight excluding hydrogens is 494 g/mol. The molecule has 1 heterocycles. The molecule has 1 saturated carbocycles. The van der Waals surface area contributed by atoms with Crippen LogP contribution in [0.5, 0.6) is 17.2 Å². The zero-order valence-corrected chi connectivity index (χ0v) is 21.6. The minimum Gasteiger partial charge on any atom is -0.502 e. The molecule has 1 aromatic heterocycles. The molecule has 3 aromatic rings. The average Bonchev–Trinajstić information content (AvgIpc) is 3.71. The summed E-state index contributed by atoms with van der Waals surface area (Å²) in [6.07, 6.45) is 2.91. The summed E-state index contributed by atoms with van der Waals surface area (Å²) in [5, 5.41) is 16.9. The molecule has 4 rings (SSSR count). The molecule has 37 heavy (non-hydrogen) atoms. The molecular formula is C27H30ClN5O4. The van der Waals surface area contributed by atoms with Gasteiger partial charge in [0.2, 0.25) is 5.69 Å². The van der Waals surface area contributed by atoms with Crippen molar-refractivity contribution in [2.24, 2.45) is 0 Å². The van der Waals surface area contributed by atoms with Crippen LogP contribution in [0.15, 0.2) is 42.6 Å². The van der Waals surface area contributed by atoms with Crippen molar-refractivity contribution >= 4 is 39.9 Å². The van der Waals surface area contributed by atoms with E-state index in [0.29, 0.717) is 51.1 Å². The van der Waals surface area contributed by atoms with E-state index in [1.54, 1.807) is 42.6 Å². The van der Waals surface area contributed by atoms with E-state index in [-0.39, 0.29) is 18.7 Å². The minimum absolute atomic E-state index is 0.0677. The number of nitrogens with zero attached hydrogens (tertiary/aromatic N) is 3. The van der Waals surface area contributed by atoms with Gasteiger partial charge in [0.25, 0.3) is 0 Å². The van der Waals surface area contributed by atoms with Gasteiger partial charge in [-0.3, -0.25) is 4.98 Å². The zero-order valence-electron chi connectivity index (χ0n) is 20.8. The molecule has 1 aliphatic rings. The number of anilines is 1. The second kappa shape index (κ2) is 12.1. The molecule has 1 aliphatic carbocycles. The molecule has 3 N–H and O–H groups in total. The van der Waals surface area contributed by atoms with Crippen LogP contribution in [-0.4, -0.2) is 59.4 Å². The molecule has 1 fully saturated rings. The first kappa shape index (κ1) is 26.5. The molecule has 1 atom stereocenters. The molecule has 0 aliphatic heterocycles. The molecule has 2 amide bonds. The van der Waals surface area contributed by atoms with E-state index in [1.807, 2.05) is 13.8 Å². The van der Waals surface area contributed by atoms with Crippen LogP contribution >= 0.6 is 11.6 Å². The number of aromatic nitrogens is 1. The summed E-state index contributed by atoms with van der Waals surface area (Å²) in [4.78, 5) is 22.1. The van der Waals surface area contributed by atoms with Crippen LogP contribution in [0, 0.1) is 6.57 Å². The third-order valence-corrected chi connectivity index (χ3v) is 6.34. The highest BCUT2D eigenvalue weighted by Crippen LogP contribution is 2.38. The zero-order chi connectivity index (χ0) is 26.4. The van der Waals surface area contributed by atoms with Crippen molar-refractivity contribution in [3.05, 3.63) is 59.0 Å². The highest BCUT2D eigenvalue weighted by atomic mass is 35.5. The molecule has 0 saturated heterocycles. The lowest BCUT2D eigenvalue weighted by Gasteiger charge is -2.22. The average molecular weight is 524 g/mol. The van der Waals surface area contributed by atoms with Crippen LogP contribution in [0.2, 0.25) is 5.02 Å². The first-order valence-corrected chi connectivity index (χ1v) is 12.7. The lowest BCUT2D eigenvalue weighted by Crippen LogP contribution is -2.35. The molecule has 9 nitrogen and oxygen atoms in total. The van der Waals surface area contributed by atoms with Gasteiger partial charge >= 0.3 is 6.03 Å². The Kier molecular flexibility index (Phi) is 8.66. The minimum atomic E-state index is -0.682. The number of carbonyl (C=O) groups excluding carboxylic acids is 1. The molecule has 194 valence electrons. The number of halogens is 1. The molecule has 0 radical (unpaired) electrons. The van der Waals surface area contributed by atoms with Crippen LogP contribution in [0.25, 0.3) is 15.7 Å². The first-order chi connectivity index (χ1) is 17.9. The number of aliphatic hydroxyl groups is 1. The summed E-state index contributed by atoms with van der Waals surface area (Å²) in [7, 11) is 0. The van der Waals surface area contributed by atoms with Crippen molar-refractivity contribution in [2.45, 2.75) is 38.8 Å². The molecule has 0 spiro atoms. The Hall–Kier alpha value is -3.58. The lowest BCUT2D eigenvalue weighted by molar-refractivity contribution is 0.0720. The summed E-state index contributed by atoms with van der Waals surface area (Å²) >= 11 is 6.37. The van der Waals surface area contributed by atoms with Crippen LogP contribution in [0.3, 0.4) is 0 Å². The van der Waals surface area contributed by atoms with E-state index in [1.165, 1.54) is 0 Å². The summed E-state index contributed by atoms with van der Waals surface area (Å²) in [6.45, 7) is 13.9. The number of benzene rings is 2. The van der Waals surface area contributed by atoms with Gasteiger partial charge in [0.1, 0.15) is 30.0 Å². The largest absolute Gasteiger partial charge is 0.502 e. The Bertz CT molecular complexity index is 1300. The van der Waals surface area contributed by atoms with Gasteiger partial charge < -0.3 is 30.1 Å². The van der Waals surface area contributed by atoms with Crippen molar-refractivity contribution < 1.29 is 19.4 Å². The fraction of sp³-hybridized carbons (Fsp3) is 0.370. The fourth-order valence-corrected chi connectivity index (χ4v) is 4.02. The Balaban J connectivity index is 1.49. The predicted molar refractivity (Wildman–Crippen MR) is 144 cm³/mol. The second-order valence-corrected chi connectivity index (χ2v) is 9.23. The van der Waals surface area contributed by atoms with E-state index >= 15 is 0 Å². The number of rotatable bonds is 11. The van der Waals surface area contributed by atoms with Gasteiger partial charge in [0.15, 0.2) is 0 Å². The van der Waals surface area contributed by atoms with Gasteiger partial charge in [-0.15, -0.1) is 0 Å². The number of aliphatic hydroxyl groups excluding tert-OH is 1. The first-order valence-electron chi connectivity index (χ1n) is 12.3. The highest BCUT2D eigenvalue weighted by molar-refractivity contribution is 6.33. The van der Waals surface area contributed by atoms with Gasteiger partial charge in [0.05, 0.1) is 22.8 Å². The third kappa shape index (κ3) is 7.01. The summed E-state index contributed by atoms with van der Waals surface area (Å²) in [5.74, 6) is 1.31. The number of carbonyl (C=O) groups is 1. The van der Waals surface area contributed by atoms with Crippen molar-refractivity contribution in [1.29, 1.82) is 0 Å². The fourth-order valence-electron chi connectivity index (χ4n) is 3.81. The van der Waals surface area contributed by atoms with Gasteiger partial charge in [-0.05, 0) is 56.3 Å². The van der Waals surface area contributed by atoms with Gasteiger partial charge in [-0.1, -0.05) is 25.4 Å². The smallest absolute Gasteiger partial charge is 0.319 e. The van der Waals surface area contributed by atoms with Crippen molar-refractivity contribution in [3.8, 4) is 17.2 Å². The van der Waals surface area contributed by atoms with Gasteiger partial charge in [0, 0.05) is 30.2 Å². The number of fused-ring (bicyclic) bond motifs is 1. The third-order valence-electron chi connectivity index (χ3n) is 6.03. The molecule has 10 heteroatoms. The van der Waals surface area contributed by atoms with Gasteiger partial charge in [-0.2, -0.15) is 0 Å². The summed E-state index contributed by atoms with van der Waals surface area (Å²) in [6, 6.07) is 9.99. The molecule has 0 bridgehead atoms. The highest BCUT2D eigenvalue weighted by Gasteiger charge is 2.23. The van der Waals surface area contributed by atoms with E-state index in [2.05, 4.69) is 25.4 Å². The summed E-state index contributed by atoms with van der Waals surface area (Å²) in [5.41, 5.74) is 1.35. The quantitative estimate of drug-likeness (QED) is 0.283. The van der Waals surface area contributed by atoms with E-state index in [4.69, 9.17) is 27.6 Å². The van der Waals surface area contributed by atoms with E-state index in [9.17, 15) is 9.90 Å². The predicted octanol–water partition coefficient (Wildman–Crippen LogP) is 5.60. The van der Waals surface area contributed by atoms with Crippen molar-refractivity contribution in [3.63, 3.8) is 0 Å². The Morgan fingerprint density at radius 1 is 1.24 bits per heavy atom. The topological polar surface area (TPSA) is 100 Å². The Labute approximate surface area is 221 Å². The van der Waals surface area contributed by atoms with Crippen LogP contribution in [0.4, 0.5) is 16.2 Å². The number of nitrogens with one attached hydrogen (secondary N) is 2. The number of amides is 2. The van der Waals surface area contributed by atoms with Crippen molar-refractivity contribution in [1.82, 2.24) is 15.2 Å². The molecule has 2 aromatic carbocycles. The maximum Gasteiger partial charge on any atom is 0.319 e. The Morgan fingerprint density at radius 3 is 2.70 bits per heavy atom. The maximum atomic E-state index is 12.0. The normalized spacial score (nSPS) is 13.7. The van der Waals surface area contributed by atoms with Crippen LogP contribution < -0.4 is 20.1 Å².